The average Bonchev–Trinajstić information content (AvgIpc) is 2.85. The molecule has 1 atom stereocenters. The van der Waals surface area contributed by atoms with E-state index in [1.165, 1.54) is 19.9 Å². The molecule has 1 unspecified atom stereocenters. The summed E-state index contributed by atoms with van der Waals surface area (Å²) in [6, 6.07) is 7.60. The predicted molar refractivity (Wildman–Crippen MR) is 128 cm³/mol. The number of hydrogen-bond acceptors (Lipinski definition) is 4. The van der Waals surface area contributed by atoms with Crippen LogP contribution in [0.2, 0.25) is 0 Å². The van der Waals surface area contributed by atoms with E-state index in [1.807, 2.05) is 0 Å². The minimum atomic E-state index is -4.85. The van der Waals surface area contributed by atoms with Crippen LogP contribution >= 0.6 is 0 Å². The molecule has 0 aromatic heterocycles. The number of fused-ring (bicyclic) bond motifs is 1. The third kappa shape index (κ3) is 5.40. The van der Waals surface area contributed by atoms with Crippen molar-refractivity contribution in [1.82, 2.24) is 0 Å². The second-order valence-electron chi connectivity index (χ2n) is 9.60. The number of halogens is 6. The standard InChI is InChI=1S/C26H21F6NO5S/c1-25(2,24(34)35)12-16-13-33(39(36,37)17-5-3-4-15(11-17)26(30,31)32)20-10-14(6-9-21(20)38-16)22-18(27)7-8-19(28)23(22)29/h3-11,16H,12-13H2,1-2H3,(H,34,35). The van der Waals surface area contributed by atoms with Crippen molar-refractivity contribution in [2.45, 2.75) is 37.4 Å². The van der Waals surface area contributed by atoms with Crippen molar-refractivity contribution >= 4 is 21.7 Å². The van der Waals surface area contributed by atoms with Crippen LogP contribution in [0.5, 0.6) is 5.75 Å². The lowest BCUT2D eigenvalue weighted by atomic mass is 9.86. The fourth-order valence-electron chi connectivity index (χ4n) is 4.21. The van der Waals surface area contributed by atoms with Crippen LogP contribution in [-0.2, 0) is 21.0 Å². The highest BCUT2D eigenvalue weighted by Gasteiger charge is 2.40. The number of carbonyl (C=O) groups is 1. The number of carboxylic acid groups (broad SMARTS) is 1. The highest BCUT2D eigenvalue weighted by molar-refractivity contribution is 7.92. The second-order valence-corrected chi connectivity index (χ2v) is 11.5. The van der Waals surface area contributed by atoms with E-state index in [1.54, 1.807) is 0 Å². The monoisotopic (exact) mass is 573 g/mol. The van der Waals surface area contributed by atoms with Gasteiger partial charge in [0, 0.05) is 6.42 Å². The summed E-state index contributed by atoms with van der Waals surface area (Å²) in [4.78, 5) is 10.9. The van der Waals surface area contributed by atoms with E-state index in [-0.39, 0.29) is 23.4 Å². The van der Waals surface area contributed by atoms with Gasteiger partial charge in [-0.05, 0) is 61.9 Å². The summed E-state index contributed by atoms with van der Waals surface area (Å²) in [6.07, 6.45) is -6.09. The first-order valence-electron chi connectivity index (χ1n) is 11.4. The summed E-state index contributed by atoms with van der Waals surface area (Å²) in [7, 11) is -4.75. The van der Waals surface area contributed by atoms with E-state index < -0.39 is 73.7 Å². The molecule has 39 heavy (non-hydrogen) atoms. The fraction of sp³-hybridized carbons (Fsp3) is 0.269. The Kier molecular flexibility index (Phi) is 7.09. The van der Waals surface area contributed by atoms with Gasteiger partial charge in [0.1, 0.15) is 17.7 Å². The molecule has 3 aromatic rings. The largest absolute Gasteiger partial charge is 0.486 e. The van der Waals surface area contributed by atoms with Gasteiger partial charge >= 0.3 is 12.1 Å². The molecule has 0 spiro atoms. The van der Waals surface area contributed by atoms with Crippen molar-refractivity contribution in [2.24, 2.45) is 5.41 Å². The van der Waals surface area contributed by atoms with Crippen molar-refractivity contribution in [3.05, 3.63) is 77.6 Å². The van der Waals surface area contributed by atoms with E-state index in [0.717, 1.165) is 24.3 Å². The lowest BCUT2D eigenvalue weighted by Gasteiger charge is -2.38. The number of rotatable bonds is 6. The zero-order valence-corrected chi connectivity index (χ0v) is 21.2. The van der Waals surface area contributed by atoms with Gasteiger partial charge in [0.05, 0.1) is 33.7 Å². The maximum absolute atomic E-state index is 14.5. The number of anilines is 1. The molecule has 3 aromatic carbocycles. The first kappa shape index (κ1) is 28.3. The Morgan fingerprint density at radius 2 is 1.69 bits per heavy atom. The summed E-state index contributed by atoms with van der Waals surface area (Å²) < 4.78 is 117. The zero-order chi connectivity index (χ0) is 28.9. The molecule has 1 N–H and O–H groups in total. The molecule has 208 valence electrons. The van der Waals surface area contributed by atoms with Crippen molar-refractivity contribution < 1.29 is 49.4 Å². The Morgan fingerprint density at radius 1 is 1.03 bits per heavy atom. The van der Waals surface area contributed by atoms with Crippen LogP contribution in [0.15, 0.2) is 59.5 Å². The van der Waals surface area contributed by atoms with Crippen LogP contribution in [0.3, 0.4) is 0 Å². The van der Waals surface area contributed by atoms with Gasteiger partial charge < -0.3 is 9.84 Å². The van der Waals surface area contributed by atoms with E-state index in [2.05, 4.69) is 0 Å². The maximum Gasteiger partial charge on any atom is 0.416 e. The Hall–Kier alpha value is -3.74. The molecule has 0 radical (unpaired) electrons. The van der Waals surface area contributed by atoms with Gasteiger partial charge in [-0.3, -0.25) is 9.10 Å². The maximum atomic E-state index is 14.5. The van der Waals surface area contributed by atoms with E-state index in [0.29, 0.717) is 28.6 Å². The van der Waals surface area contributed by atoms with Crippen molar-refractivity contribution in [1.29, 1.82) is 0 Å². The predicted octanol–water partition coefficient (Wildman–Crippen LogP) is 6.25. The summed E-state index contributed by atoms with van der Waals surface area (Å²) in [5.74, 6) is -5.36. The number of carboxylic acids is 1. The number of ether oxygens (including phenoxy) is 1. The second kappa shape index (κ2) is 9.78. The van der Waals surface area contributed by atoms with Gasteiger partial charge in [-0.15, -0.1) is 0 Å². The Balaban J connectivity index is 1.88. The highest BCUT2D eigenvalue weighted by Crippen LogP contribution is 2.43. The molecule has 0 saturated carbocycles. The molecule has 13 heteroatoms. The topological polar surface area (TPSA) is 83.9 Å². The van der Waals surface area contributed by atoms with Crippen LogP contribution < -0.4 is 9.04 Å². The van der Waals surface area contributed by atoms with Crippen molar-refractivity contribution in [3.63, 3.8) is 0 Å². The first-order valence-corrected chi connectivity index (χ1v) is 12.8. The Labute approximate surface area is 219 Å². The third-order valence-electron chi connectivity index (χ3n) is 6.29. The van der Waals surface area contributed by atoms with Crippen LogP contribution in [0.1, 0.15) is 25.8 Å². The molecule has 4 rings (SSSR count). The van der Waals surface area contributed by atoms with Crippen LogP contribution in [0.4, 0.5) is 32.0 Å². The van der Waals surface area contributed by atoms with E-state index in [4.69, 9.17) is 4.74 Å². The number of alkyl halides is 3. The summed E-state index contributed by atoms with van der Waals surface area (Å²) >= 11 is 0. The molecule has 0 saturated heterocycles. The van der Waals surface area contributed by atoms with Crippen LogP contribution in [0, 0.1) is 22.9 Å². The molecule has 1 aliphatic rings. The number of benzene rings is 3. The SMILES string of the molecule is CC(C)(CC1CN(S(=O)(=O)c2cccc(C(F)(F)F)c2)c2cc(-c3c(F)ccc(F)c3F)ccc2O1)C(=O)O. The molecule has 0 bridgehead atoms. The molecule has 0 fully saturated rings. The lowest BCUT2D eigenvalue weighted by molar-refractivity contribution is -0.148. The number of nitrogens with zero attached hydrogens (tertiary/aromatic N) is 1. The minimum absolute atomic E-state index is 0.135. The zero-order valence-electron chi connectivity index (χ0n) is 20.4. The molecular formula is C26H21F6NO5S. The van der Waals surface area contributed by atoms with Gasteiger partial charge in [0.15, 0.2) is 11.6 Å². The molecule has 0 aliphatic carbocycles. The van der Waals surface area contributed by atoms with Crippen LogP contribution in [-0.4, -0.2) is 32.1 Å². The van der Waals surface area contributed by atoms with Crippen molar-refractivity contribution in [2.75, 3.05) is 10.8 Å². The fourth-order valence-corrected chi connectivity index (χ4v) is 5.75. The number of sulfonamides is 1. The summed E-state index contributed by atoms with van der Waals surface area (Å²) in [6.45, 7) is 2.25. The minimum Gasteiger partial charge on any atom is -0.486 e. The number of aliphatic carboxylic acids is 1. The van der Waals surface area contributed by atoms with Crippen molar-refractivity contribution in [3.8, 4) is 16.9 Å². The molecular weight excluding hydrogens is 552 g/mol. The average molecular weight is 574 g/mol. The molecule has 1 heterocycles. The Morgan fingerprint density at radius 3 is 2.33 bits per heavy atom. The van der Waals surface area contributed by atoms with Gasteiger partial charge in [-0.25, -0.2) is 21.6 Å². The third-order valence-corrected chi connectivity index (χ3v) is 8.07. The molecule has 6 nitrogen and oxygen atoms in total. The summed E-state index contributed by atoms with van der Waals surface area (Å²) in [5.41, 5.74) is -3.93. The van der Waals surface area contributed by atoms with Gasteiger partial charge in [0.25, 0.3) is 10.0 Å². The van der Waals surface area contributed by atoms with E-state index in [9.17, 15) is 44.7 Å². The first-order chi connectivity index (χ1) is 18.0. The normalized spacial score (nSPS) is 16.0. The molecule has 0 amide bonds. The van der Waals surface area contributed by atoms with E-state index >= 15 is 0 Å². The highest BCUT2D eigenvalue weighted by atomic mass is 32.2. The van der Waals surface area contributed by atoms with Gasteiger partial charge in [-0.2, -0.15) is 13.2 Å². The van der Waals surface area contributed by atoms with Crippen LogP contribution in [0.25, 0.3) is 11.1 Å². The van der Waals surface area contributed by atoms with Gasteiger partial charge in [-0.1, -0.05) is 12.1 Å². The summed E-state index contributed by atoms with van der Waals surface area (Å²) in [5, 5.41) is 9.52. The van der Waals surface area contributed by atoms with Gasteiger partial charge in [0.2, 0.25) is 0 Å². The smallest absolute Gasteiger partial charge is 0.416 e. The Bertz CT molecular complexity index is 1550. The molecule has 1 aliphatic heterocycles. The lowest BCUT2D eigenvalue weighted by Crippen LogP contribution is -2.46. The quantitative estimate of drug-likeness (QED) is 0.279. The number of hydrogen-bond donors (Lipinski definition) is 1.